The van der Waals surface area contributed by atoms with E-state index < -0.39 is 0 Å². The average Bonchev–Trinajstić information content (AvgIpc) is 1.61. The Hall–Kier alpha value is -14.0. The van der Waals surface area contributed by atoms with Gasteiger partial charge in [0.15, 0.2) is 11.3 Å². The summed E-state index contributed by atoms with van der Waals surface area (Å²) < 4.78 is 21.3. The van der Waals surface area contributed by atoms with Crippen LogP contribution in [0.25, 0.3) is 222 Å². The molecule has 0 aliphatic heterocycles. The Labute approximate surface area is 688 Å². The zero-order valence-corrected chi connectivity index (χ0v) is 66.7. The normalized spacial score (nSPS) is 11.9. The summed E-state index contributed by atoms with van der Waals surface area (Å²) in [6.45, 7) is 11.2. The van der Waals surface area contributed by atoms with Crippen LogP contribution in [0.4, 0.5) is 5.69 Å². The molecule has 0 aliphatic rings. The molecule has 0 saturated carbocycles. The first-order chi connectivity index (χ1) is 57.7. The van der Waals surface area contributed by atoms with Crippen LogP contribution in [0, 0.1) is 6.92 Å². The first-order valence-electron chi connectivity index (χ1n) is 39.7. The predicted molar refractivity (Wildman–Crippen MR) is 500 cm³/mol. The van der Waals surface area contributed by atoms with Crippen molar-refractivity contribution in [2.75, 3.05) is 0 Å². The fourth-order valence-corrected chi connectivity index (χ4v) is 21.5. The molecule has 6 aromatic heterocycles. The minimum Gasteiger partial charge on any atom is -0.454 e. The van der Waals surface area contributed by atoms with Crippen molar-refractivity contribution < 1.29 is 8.83 Å². The molecule has 117 heavy (non-hydrogen) atoms. The number of fused-ring (bicyclic) bond motifs is 13. The second-order valence-electron chi connectivity index (χ2n) is 30.3. The van der Waals surface area contributed by atoms with E-state index in [9.17, 15) is 0 Å². The highest BCUT2D eigenvalue weighted by Crippen LogP contribution is 2.49. The summed E-state index contributed by atoms with van der Waals surface area (Å²) in [5, 5.41) is 9.42. The summed E-state index contributed by atoms with van der Waals surface area (Å²) in [5.41, 5.74) is 33.0. The molecule has 0 aliphatic carbocycles. The van der Waals surface area contributed by atoms with Crippen LogP contribution < -0.4 is 0 Å². The van der Waals surface area contributed by atoms with Gasteiger partial charge in [0.25, 0.3) is 0 Å². The molecule has 5 nitrogen and oxygen atoms in total. The van der Waals surface area contributed by atoms with E-state index in [-0.39, 0.29) is 0 Å². The van der Waals surface area contributed by atoms with Gasteiger partial charge in [0.2, 0.25) is 0 Å². The van der Waals surface area contributed by atoms with Gasteiger partial charge >= 0.3 is 0 Å². The molecule has 0 saturated heterocycles. The molecule has 0 spiro atoms. The predicted octanol–water partition coefficient (Wildman–Crippen LogP) is 32.2. The van der Waals surface area contributed by atoms with Crippen LogP contribution in [0.15, 0.2) is 366 Å². The summed E-state index contributed by atoms with van der Waals surface area (Å²) in [6, 6.07) is 124. The zero-order valence-electron chi connectivity index (χ0n) is 64.3. The number of hydrogen-bond acceptors (Lipinski definition) is 8. The summed E-state index contributed by atoms with van der Waals surface area (Å²) in [4.78, 5) is 14.9. The van der Waals surface area contributed by atoms with Gasteiger partial charge < -0.3 is 8.83 Å². The monoisotopic (exact) mass is 1550 g/mol. The van der Waals surface area contributed by atoms with Crippen molar-refractivity contribution in [2.45, 2.75) is 27.2 Å². The van der Waals surface area contributed by atoms with Gasteiger partial charge in [-0.25, -0.2) is 9.97 Å². The van der Waals surface area contributed by atoms with Crippen LogP contribution in [0.3, 0.4) is 0 Å². The van der Waals surface area contributed by atoms with Gasteiger partial charge in [-0.15, -0.1) is 34.0 Å². The van der Waals surface area contributed by atoms with Crippen molar-refractivity contribution >= 4 is 145 Å². The van der Waals surface area contributed by atoms with Crippen molar-refractivity contribution in [1.82, 2.24) is 9.97 Å². The molecule has 0 radical (unpaired) electrons. The largest absolute Gasteiger partial charge is 0.454 e. The van der Waals surface area contributed by atoms with Crippen LogP contribution in [0.5, 0.6) is 0 Å². The molecule has 0 unspecified atom stereocenters. The highest BCUT2D eigenvalue weighted by atomic mass is 32.1. The highest BCUT2D eigenvalue weighted by molar-refractivity contribution is 7.27. The van der Waals surface area contributed by atoms with Crippen LogP contribution in [0.1, 0.15) is 36.3 Å². The number of aliphatic imine (C=N–C) groups is 1. The minimum atomic E-state index is 0.648. The minimum absolute atomic E-state index is 0.648. The molecular formula is C109H71N3O2S3. The summed E-state index contributed by atoms with van der Waals surface area (Å²) in [5.74, 6) is 0.648. The van der Waals surface area contributed by atoms with Crippen LogP contribution in [0.2, 0.25) is 0 Å². The van der Waals surface area contributed by atoms with Crippen molar-refractivity contribution in [3.8, 4) is 123 Å². The summed E-state index contributed by atoms with van der Waals surface area (Å²) in [6.07, 6.45) is 4.45. The van der Waals surface area contributed by atoms with E-state index in [1.165, 1.54) is 116 Å². The standard InChI is InChI=1S/C109H71N3O2S3/c1-5-82-84(33-17-37-88(82)83-30-8-7-21-64(83)3)76-27-15-26-72(55-76)70-24-14-25-71(54-70)73-47-50-97-95(61-73)103(110-6-2)105(113-97)65(4)68-22-13-28-77(53-68)86-35-19-40-93-94-60-75(49-52-101(94)117-108(86)93)80-57-79(58-81(59-80)87-36-20-39-92-90-32-10-12-42-100(90)116-109(87)92)74-48-51-98-96(62-74)104-106(114-98)102(111-63-112-104)78-29-16-23-69(56-78)66-43-45-67(46-44-66)85-34-18-38-91-89-31-9-11-41-99(89)115-107(85)91/h6-63H,4-5H2,1-3H3. The smallest absolute Gasteiger partial charge is 0.180 e. The number of aromatic nitrogens is 2. The number of hydrogen-bond donors (Lipinski definition) is 0. The molecule has 8 heteroatoms. The fraction of sp³-hybridized carbons (Fsp3) is 0.0367. The van der Waals surface area contributed by atoms with Gasteiger partial charge in [-0.2, -0.15) is 0 Å². The molecule has 0 fully saturated rings. The first kappa shape index (κ1) is 69.7. The maximum Gasteiger partial charge on any atom is 0.180 e. The molecule has 0 bridgehead atoms. The van der Waals surface area contributed by atoms with Gasteiger partial charge in [-0.3, -0.25) is 4.99 Å². The quantitative estimate of drug-likeness (QED) is 0.0960. The van der Waals surface area contributed by atoms with E-state index in [4.69, 9.17) is 30.4 Å². The molecule has 0 amide bonds. The molecule has 22 aromatic rings. The highest BCUT2D eigenvalue weighted by Gasteiger charge is 2.24. The Bertz CT molecular complexity index is 7870. The molecule has 6 heterocycles. The first-order valence-corrected chi connectivity index (χ1v) is 42.2. The van der Waals surface area contributed by atoms with Crippen molar-refractivity contribution in [1.29, 1.82) is 0 Å². The maximum atomic E-state index is 6.84. The Morgan fingerprint density at radius 2 is 0.778 bits per heavy atom. The lowest BCUT2D eigenvalue weighted by Crippen LogP contribution is -1.94. The van der Waals surface area contributed by atoms with Gasteiger partial charge in [0.1, 0.15) is 34.4 Å². The SMILES string of the molecule is C=C(c1cccc(-c2cccc3c2sc2ccc(-c4cc(-c5ccc6oc7c(-c8cccc(-c9ccc(-c%10cccc%11c%10sc%10ccccc%10%11)cc9)c8)ncnc7c6c5)cc(-c5cccc6c5sc5ccccc56)c4)cc23)c1)c1oc2ccc(-c3cccc(-c4cccc(-c5cccc(-c6ccccc6C)c5CC)c4)c3)cc2c1N=CC. The Balaban J connectivity index is 0.578. The summed E-state index contributed by atoms with van der Waals surface area (Å²) in [7, 11) is 0. The third-order valence-electron chi connectivity index (χ3n) is 23.5. The molecule has 22 rings (SSSR count). The number of furan rings is 2. The molecule has 552 valence electrons. The van der Waals surface area contributed by atoms with Gasteiger partial charge in [-0.05, 0) is 239 Å². The molecule has 0 N–H and O–H groups in total. The van der Waals surface area contributed by atoms with E-state index in [2.05, 4.69) is 354 Å². The Morgan fingerprint density at radius 3 is 1.44 bits per heavy atom. The lowest BCUT2D eigenvalue weighted by atomic mass is 9.88. The van der Waals surface area contributed by atoms with E-state index in [1.54, 1.807) is 6.33 Å². The average molecular weight is 1550 g/mol. The lowest BCUT2D eigenvalue weighted by Gasteiger charge is -2.16. The second-order valence-corrected chi connectivity index (χ2v) is 33.5. The van der Waals surface area contributed by atoms with Crippen LogP contribution in [-0.2, 0) is 6.42 Å². The van der Waals surface area contributed by atoms with Gasteiger partial charge in [0.05, 0.1) is 0 Å². The Kier molecular flexibility index (Phi) is 17.0. The third-order valence-corrected chi connectivity index (χ3v) is 27.2. The van der Waals surface area contributed by atoms with E-state index in [1.807, 2.05) is 47.1 Å². The van der Waals surface area contributed by atoms with E-state index in [0.29, 0.717) is 11.3 Å². The van der Waals surface area contributed by atoms with Gasteiger partial charge in [-0.1, -0.05) is 262 Å². The lowest BCUT2D eigenvalue weighted by molar-refractivity contribution is 0.601. The molecule has 16 aromatic carbocycles. The van der Waals surface area contributed by atoms with Crippen molar-refractivity contribution in [2.24, 2.45) is 4.99 Å². The Morgan fingerprint density at radius 1 is 0.342 bits per heavy atom. The van der Waals surface area contributed by atoms with Gasteiger partial charge in [0, 0.05) is 88.6 Å². The van der Waals surface area contributed by atoms with Crippen molar-refractivity contribution in [3.05, 3.63) is 375 Å². The maximum absolute atomic E-state index is 6.84. The van der Waals surface area contributed by atoms with Crippen molar-refractivity contribution in [3.63, 3.8) is 0 Å². The summed E-state index contributed by atoms with van der Waals surface area (Å²) >= 11 is 5.56. The zero-order chi connectivity index (χ0) is 77.9. The van der Waals surface area contributed by atoms with Crippen LogP contribution >= 0.6 is 34.0 Å². The number of thiophene rings is 3. The number of nitrogens with zero attached hydrogens (tertiary/aromatic N) is 3. The van der Waals surface area contributed by atoms with E-state index >= 15 is 0 Å². The number of aryl methyl sites for hydroxylation is 1. The molecule has 0 atom stereocenters. The second kappa shape index (κ2) is 28.5. The number of benzene rings is 16. The fourth-order valence-electron chi connectivity index (χ4n) is 17.8. The molecular weight excluding hydrogens is 1480 g/mol. The number of rotatable bonds is 15. The van der Waals surface area contributed by atoms with E-state index in [0.717, 1.165) is 129 Å². The topological polar surface area (TPSA) is 64.4 Å². The third kappa shape index (κ3) is 12.0. The van der Waals surface area contributed by atoms with Crippen LogP contribution in [-0.4, -0.2) is 16.2 Å².